The van der Waals surface area contributed by atoms with E-state index >= 15 is 0 Å². The third kappa shape index (κ3) is 4.02. The van der Waals surface area contributed by atoms with E-state index in [2.05, 4.69) is 34.8 Å². The van der Waals surface area contributed by atoms with E-state index in [9.17, 15) is 4.79 Å². The second-order valence-corrected chi connectivity index (χ2v) is 7.89. The van der Waals surface area contributed by atoms with Crippen LogP contribution < -0.4 is 0 Å². The molecule has 2 aliphatic rings. The lowest BCUT2D eigenvalue weighted by atomic mass is 9.84. The molecule has 0 saturated carbocycles. The summed E-state index contributed by atoms with van der Waals surface area (Å²) in [6.45, 7) is 7.14. The van der Waals surface area contributed by atoms with Crippen molar-refractivity contribution in [3.05, 3.63) is 29.6 Å². The van der Waals surface area contributed by atoms with E-state index in [1.807, 2.05) is 12.3 Å². The van der Waals surface area contributed by atoms with Gasteiger partial charge in [0.15, 0.2) is 0 Å². The van der Waals surface area contributed by atoms with E-state index in [0.29, 0.717) is 12.5 Å². The molecule has 6 nitrogen and oxygen atoms in total. The first-order valence-electron chi connectivity index (χ1n) is 9.01. The van der Waals surface area contributed by atoms with Gasteiger partial charge in [-0.1, -0.05) is 6.07 Å². The number of carbonyl (C=O) groups is 1. The van der Waals surface area contributed by atoms with Gasteiger partial charge in [-0.15, -0.1) is 0 Å². The predicted molar refractivity (Wildman–Crippen MR) is 97.2 cm³/mol. The molecule has 0 radical (unpaired) electrons. The Labute approximate surface area is 150 Å². The summed E-state index contributed by atoms with van der Waals surface area (Å²) in [6.07, 6.45) is 3.03. The number of carbonyl (C=O) groups excluding carboxylic acids is 1. The zero-order valence-electron chi connectivity index (χ0n) is 15.9. The first-order valence-corrected chi connectivity index (χ1v) is 9.01. The molecule has 3 heterocycles. The van der Waals surface area contributed by atoms with Crippen molar-refractivity contribution in [1.82, 2.24) is 19.7 Å². The van der Waals surface area contributed by atoms with E-state index in [-0.39, 0.29) is 18.1 Å². The van der Waals surface area contributed by atoms with Gasteiger partial charge in [-0.2, -0.15) is 0 Å². The number of aryl methyl sites for hydroxylation is 1. The quantitative estimate of drug-likeness (QED) is 0.769. The number of amides is 1. The second kappa shape index (κ2) is 7.40. The minimum atomic E-state index is 0.0293. The minimum absolute atomic E-state index is 0.0293. The second-order valence-electron chi connectivity index (χ2n) is 7.89. The number of pyridine rings is 1. The molecule has 2 saturated heterocycles. The van der Waals surface area contributed by atoms with Crippen LogP contribution in [0.15, 0.2) is 18.3 Å². The van der Waals surface area contributed by atoms with Crippen LogP contribution >= 0.6 is 0 Å². The third-order valence-corrected chi connectivity index (χ3v) is 5.62. The smallest absolute Gasteiger partial charge is 0.248 e. The molecule has 6 heteroatoms. The number of likely N-dealkylation sites (N-methyl/N-ethyl adjacent to an activating group) is 2. The zero-order chi connectivity index (χ0) is 18.0. The van der Waals surface area contributed by atoms with Crippen LogP contribution in [0.5, 0.6) is 0 Å². The van der Waals surface area contributed by atoms with Gasteiger partial charge < -0.3 is 9.64 Å². The highest BCUT2D eigenvalue weighted by molar-refractivity contribution is 5.76. The van der Waals surface area contributed by atoms with Crippen LogP contribution in [0.4, 0.5) is 0 Å². The number of hydrogen-bond acceptors (Lipinski definition) is 5. The molecule has 0 N–H and O–H groups in total. The summed E-state index contributed by atoms with van der Waals surface area (Å²) in [4.78, 5) is 22.6. The molecule has 0 aromatic carbocycles. The normalized spacial score (nSPS) is 23.0. The fraction of sp³-hybridized carbons (Fsp3) is 0.684. The Morgan fingerprint density at radius 1 is 1.44 bits per heavy atom. The Balaban J connectivity index is 1.45. The van der Waals surface area contributed by atoms with Gasteiger partial charge in [-0.05, 0) is 37.9 Å². The SMILES string of the molecule is Cc1cccnc1CN1CC2(C[C@@H](COCC(=O)N(C)C)CN2C)C1. The van der Waals surface area contributed by atoms with E-state index < -0.39 is 0 Å². The maximum Gasteiger partial charge on any atom is 0.248 e. The van der Waals surface area contributed by atoms with Crippen molar-refractivity contribution in [2.45, 2.75) is 25.4 Å². The Bertz CT molecular complexity index is 613. The highest BCUT2D eigenvalue weighted by Gasteiger charge is 2.51. The molecular weight excluding hydrogens is 316 g/mol. The molecule has 1 spiro atoms. The molecule has 138 valence electrons. The van der Waals surface area contributed by atoms with Gasteiger partial charge in [-0.3, -0.25) is 19.6 Å². The summed E-state index contributed by atoms with van der Waals surface area (Å²) in [5, 5.41) is 0. The molecule has 1 aromatic heterocycles. The largest absolute Gasteiger partial charge is 0.371 e. The number of hydrogen-bond donors (Lipinski definition) is 0. The molecular formula is C19H30N4O2. The average molecular weight is 346 g/mol. The lowest BCUT2D eigenvalue weighted by molar-refractivity contribution is -0.134. The summed E-state index contributed by atoms with van der Waals surface area (Å²) < 4.78 is 5.65. The van der Waals surface area contributed by atoms with Crippen molar-refractivity contribution in [3.8, 4) is 0 Å². The molecule has 2 fully saturated rings. The van der Waals surface area contributed by atoms with Gasteiger partial charge >= 0.3 is 0 Å². The van der Waals surface area contributed by atoms with Gasteiger partial charge in [0.2, 0.25) is 5.91 Å². The number of ether oxygens (including phenoxy) is 1. The van der Waals surface area contributed by atoms with E-state index in [0.717, 1.165) is 32.6 Å². The van der Waals surface area contributed by atoms with Gasteiger partial charge in [0, 0.05) is 52.0 Å². The van der Waals surface area contributed by atoms with Crippen LogP contribution in [-0.4, -0.2) is 85.1 Å². The Kier molecular flexibility index (Phi) is 5.41. The van der Waals surface area contributed by atoms with E-state index in [1.54, 1.807) is 19.0 Å². The maximum absolute atomic E-state index is 11.6. The minimum Gasteiger partial charge on any atom is -0.371 e. The Morgan fingerprint density at radius 3 is 2.88 bits per heavy atom. The predicted octanol–water partition coefficient (Wildman–Crippen LogP) is 1.00. The highest BCUT2D eigenvalue weighted by atomic mass is 16.5. The van der Waals surface area contributed by atoms with Crippen LogP contribution in [0.1, 0.15) is 17.7 Å². The van der Waals surface area contributed by atoms with E-state index in [1.165, 1.54) is 11.3 Å². The standard InChI is InChI=1S/C19H30N4O2/c1-15-6-5-7-20-17(15)10-23-13-19(14-23)8-16(9-22(19)4)11-25-12-18(24)21(2)3/h5-7,16H,8-14H2,1-4H3/t16-/m1/s1. The maximum atomic E-state index is 11.6. The van der Waals surface area contributed by atoms with Crippen LogP contribution in [0.25, 0.3) is 0 Å². The molecule has 0 aliphatic carbocycles. The van der Waals surface area contributed by atoms with Crippen molar-refractivity contribution in [2.24, 2.45) is 5.92 Å². The van der Waals surface area contributed by atoms with Gasteiger partial charge in [0.1, 0.15) is 6.61 Å². The summed E-state index contributed by atoms with van der Waals surface area (Å²) in [5.74, 6) is 0.542. The van der Waals surface area contributed by atoms with Crippen molar-refractivity contribution in [1.29, 1.82) is 0 Å². The summed E-state index contributed by atoms with van der Waals surface area (Å²) in [5.41, 5.74) is 2.72. The van der Waals surface area contributed by atoms with Gasteiger partial charge in [0.05, 0.1) is 12.3 Å². The van der Waals surface area contributed by atoms with Gasteiger partial charge in [0.25, 0.3) is 0 Å². The molecule has 3 rings (SSSR count). The first kappa shape index (κ1) is 18.3. The molecule has 0 unspecified atom stereocenters. The van der Waals surface area contributed by atoms with E-state index in [4.69, 9.17) is 4.74 Å². The fourth-order valence-electron chi connectivity index (χ4n) is 4.06. The summed E-state index contributed by atoms with van der Waals surface area (Å²) in [7, 11) is 5.74. The van der Waals surface area contributed by atoms with Crippen molar-refractivity contribution < 1.29 is 9.53 Å². The number of nitrogens with zero attached hydrogens (tertiary/aromatic N) is 4. The number of rotatable bonds is 6. The molecule has 1 aromatic rings. The highest BCUT2D eigenvalue weighted by Crippen LogP contribution is 2.40. The van der Waals surface area contributed by atoms with Crippen molar-refractivity contribution >= 4 is 5.91 Å². The summed E-state index contributed by atoms with van der Waals surface area (Å²) in [6, 6.07) is 4.12. The number of likely N-dealkylation sites (tertiary alicyclic amines) is 2. The first-order chi connectivity index (χ1) is 11.9. The molecule has 25 heavy (non-hydrogen) atoms. The molecule has 1 atom stereocenters. The number of aromatic nitrogens is 1. The monoisotopic (exact) mass is 346 g/mol. The topological polar surface area (TPSA) is 48.9 Å². The molecule has 2 aliphatic heterocycles. The zero-order valence-corrected chi connectivity index (χ0v) is 15.9. The van der Waals surface area contributed by atoms with Crippen LogP contribution in [-0.2, 0) is 16.1 Å². The summed E-state index contributed by atoms with van der Waals surface area (Å²) >= 11 is 0. The van der Waals surface area contributed by atoms with Crippen molar-refractivity contribution in [2.75, 3.05) is 54.0 Å². The molecule has 0 bridgehead atoms. The average Bonchev–Trinajstić information content (AvgIpc) is 2.85. The fourth-order valence-corrected chi connectivity index (χ4v) is 4.06. The van der Waals surface area contributed by atoms with Crippen LogP contribution in [0.3, 0.4) is 0 Å². The third-order valence-electron chi connectivity index (χ3n) is 5.62. The Morgan fingerprint density at radius 2 is 2.20 bits per heavy atom. The van der Waals surface area contributed by atoms with Crippen LogP contribution in [0.2, 0.25) is 0 Å². The molecule has 1 amide bonds. The van der Waals surface area contributed by atoms with Crippen LogP contribution in [0, 0.1) is 12.8 Å². The van der Waals surface area contributed by atoms with Gasteiger partial charge in [-0.25, -0.2) is 0 Å². The lowest BCUT2D eigenvalue weighted by Gasteiger charge is -2.52. The van der Waals surface area contributed by atoms with Crippen molar-refractivity contribution in [3.63, 3.8) is 0 Å². The lowest BCUT2D eigenvalue weighted by Crippen LogP contribution is -2.66. The Hall–Kier alpha value is -1.50.